The number of para-hydroxylation sites is 1. The highest BCUT2D eigenvalue weighted by molar-refractivity contribution is 5.31. The Morgan fingerprint density at radius 2 is 2.21 bits per heavy atom. The molecule has 1 fully saturated rings. The highest BCUT2D eigenvalue weighted by atomic mass is 16.5. The zero-order valence-electron chi connectivity index (χ0n) is 12.2. The van der Waals surface area contributed by atoms with Gasteiger partial charge in [0, 0.05) is 19.1 Å². The van der Waals surface area contributed by atoms with Crippen LogP contribution in [-0.4, -0.2) is 43.7 Å². The molecule has 1 heterocycles. The molecule has 1 aliphatic rings. The first kappa shape index (κ1) is 14.4. The zero-order valence-corrected chi connectivity index (χ0v) is 12.2. The summed E-state index contributed by atoms with van der Waals surface area (Å²) < 4.78 is 5.90. The van der Waals surface area contributed by atoms with Gasteiger partial charge in [-0.15, -0.1) is 0 Å². The molecule has 1 aromatic rings. The number of aryl methyl sites for hydroxylation is 1. The average molecular weight is 262 g/mol. The molecule has 1 aromatic carbocycles. The lowest BCUT2D eigenvalue weighted by atomic mass is 10.1. The number of nitrogens with zero attached hydrogens (tertiary/aromatic N) is 1. The predicted octanol–water partition coefficient (Wildman–Crippen LogP) is 2.45. The normalized spacial score (nSPS) is 19.6. The Kier molecular flexibility index (Phi) is 5.67. The lowest BCUT2D eigenvalue weighted by Crippen LogP contribution is -2.47. The van der Waals surface area contributed by atoms with Gasteiger partial charge < -0.3 is 10.1 Å². The van der Waals surface area contributed by atoms with Gasteiger partial charge in [0.25, 0.3) is 0 Å². The maximum Gasteiger partial charge on any atom is 0.122 e. The highest BCUT2D eigenvalue weighted by Crippen LogP contribution is 2.16. The lowest BCUT2D eigenvalue weighted by molar-refractivity contribution is 0.144. The molecule has 0 aromatic heterocycles. The van der Waals surface area contributed by atoms with Crippen LogP contribution >= 0.6 is 0 Å². The molecule has 0 bridgehead atoms. The SMILES string of the molecule is CCN(CCOc1ccccc1C)C1CCCNC1. The molecule has 0 spiro atoms. The Labute approximate surface area is 116 Å². The van der Waals surface area contributed by atoms with E-state index >= 15 is 0 Å². The molecule has 3 nitrogen and oxygen atoms in total. The molecule has 1 N–H and O–H groups in total. The van der Waals surface area contributed by atoms with Crippen LogP contribution in [0.4, 0.5) is 0 Å². The fraction of sp³-hybridized carbons (Fsp3) is 0.625. The molecule has 2 rings (SSSR count). The van der Waals surface area contributed by atoms with Crippen molar-refractivity contribution in [3.63, 3.8) is 0 Å². The van der Waals surface area contributed by atoms with Crippen molar-refractivity contribution in [3.8, 4) is 5.75 Å². The Morgan fingerprint density at radius 3 is 2.89 bits per heavy atom. The predicted molar refractivity (Wildman–Crippen MR) is 79.8 cm³/mol. The van der Waals surface area contributed by atoms with E-state index in [-0.39, 0.29) is 0 Å². The summed E-state index contributed by atoms with van der Waals surface area (Å²) in [5.74, 6) is 1.01. The first-order valence-electron chi connectivity index (χ1n) is 7.44. The third-order valence-corrected chi connectivity index (χ3v) is 3.92. The van der Waals surface area contributed by atoms with Crippen molar-refractivity contribution in [3.05, 3.63) is 29.8 Å². The molecular weight excluding hydrogens is 236 g/mol. The summed E-state index contributed by atoms with van der Waals surface area (Å²) in [5.41, 5.74) is 1.21. The molecule has 0 saturated carbocycles. The van der Waals surface area contributed by atoms with Crippen LogP contribution in [0, 0.1) is 6.92 Å². The van der Waals surface area contributed by atoms with Crippen molar-refractivity contribution >= 4 is 0 Å². The second-order valence-electron chi connectivity index (χ2n) is 5.24. The van der Waals surface area contributed by atoms with Gasteiger partial charge in [-0.2, -0.15) is 0 Å². The maximum atomic E-state index is 5.90. The van der Waals surface area contributed by atoms with Crippen LogP contribution in [0.2, 0.25) is 0 Å². The Balaban J connectivity index is 1.78. The lowest BCUT2D eigenvalue weighted by Gasteiger charge is -2.33. The quantitative estimate of drug-likeness (QED) is 0.852. The van der Waals surface area contributed by atoms with Gasteiger partial charge in [-0.25, -0.2) is 0 Å². The summed E-state index contributed by atoms with van der Waals surface area (Å²) in [6.07, 6.45) is 2.60. The minimum Gasteiger partial charge on any atom is -0.492 e. The number of hydrogen-bond acceptors (Lipinski definition) is 3. The molecule has 0 radical (unpaired) electrons. The van der Waals surface area contributed by atoms with Crippen molar-refractivity contribution in [1.82, 2.24) is 10.2 Å². The van der Waals surface area contributed by atoms with E-state index in [4.69, 9.17) is 4.74 Å². The Hall–Kier alpha value is -1.06. The first-order valence-corrected chi connectivity index (χ1v) is 7.44. The fourth-order valence-corrected chi connectivity index (χ4v) is 2.74. The minimum atomic E-state index is 0.680. The molecule has 3 heteroatoms. The molecule has 106 valence electrons. The number of piperidine rings is 1. The van der Waals surface area contributed by atoms with Crippen molar-refractivity contribution in [2.75, 3.05) is 32.8 Å². The number of nitrogens with one attached hydrogen (secondary N) is 1. The second kappa shape index (κ2) is 7.51. The van der Waals surface area contributed by atoms with E-state index in [2.05, 4.69) is 30.1 Å². The molecule has 1 aliphatic heterocycles. The molecule has 1 unspecified atom stereocenters. The van der Waals surface area contributed by atoms with Crippen LogP contribution in [0.25, 0.3) is 0 Å². The smallest absolute Gasteiger partial charge is 0.122 e. The van der Waals surface area contributed by atoms with Crippen molar-refractivity contribution in [2.24, 2.45) is 0 Å². The third kappa shape index (κ3) is 4.22. The molecule has 0 aliphatic carbocycles. The topological polar surface area (TPSA) is 24.5 Å². The van der Waals surface area contributed by atoms with E-state index in [0.29, 0.717) is 6.04 Å². The van der Waals surface area contributed by atoms with E-state index in [0.717, 1.165) is 32.0 Å². The van der Waals surface area contributed by atoms with Crippen LogP contribution in [-0.2, 0) is 0 Å². The summed E-state index contributed by atoms with van der Waals surface area (Å²) in [4.78, 5) is 2.53. The number of likely N-dealkylation sites (N-methyl/N-ethyl adjacent to an activating group) is 1. The number of hydrogen-bond donors (Lipinski definition) is 1. The third-order valence-electron chi connectivity index (χ3n) is 3.92. The number of rotatable bonds is 6. The van der Waals surface area contributed by atoms with Crippen molar-refractivity contribution < 1.29 is 4.74 Å². The van der Waals surface area contributed by atoms with Gasteiger partial charge in [-0.05, 0) is 44.5 Å². The first-order chi connectivity index (χ1) is 9.31. The largest absolute Gasteiger partial charge is 0.492 e. The monoisotopic (exact) mass is 262 g/mol. The van der Waals surface area contributed by atoms with Crippen LogP contribution in [0.15, 0.2) is 24.3 Å². The summed E-state index contributed by atoms with van der Waals surface area (Å²) >= 11 is 0. The minimum absolute atomic E-state index is 0.680. The van der Waals surface area contributed by atoms with E-state index in [1.54, 1.807) is 0 Å². The van der Waals surface area contributed by atoms with Gasteiger partial charge in [0.05, 0.1) is 0 Å². The van der Waals surface area contributed by atoms with Gasteiger partial charge in [-0.1, -0.05) is 25.1 Å². The van der Waals surface area contributed by atoms with Gasteiger partial charge in [-0.3, -0.25) is 4.90 Å². The van der Waals surface area contributed by atoms with Crippen molar-refractivity contribution in [1.29, 1.82) is 0 Å². The molecule has 1 atom stereocenters. The zero-order chi connectivity index (χ0) is 13.5. The summed E-state index contributed by atoms with van der Waals surface area (Å²) in [5, 5.41) is 3.48. The Morgan fingerprint density at radius 1 is 1.37 bits per heavy atom. The van der Waals surface area contributed by atoms with E-state index in [9.17, 15) is 0 Å². The van der Waals surface area contributed by atoms with Gasteiger partial charge >= 0.3 is 0 Å². The second-order valence-corrected chi connectivity index (χ2v) is 5.24. The van der Waals surface area contributed by atoms with Crippen LogP contribution in [0.3, 0.4) is 0 Å². The van der Waals surface area contributed by atoms with Gasteiger partial charge in [0.15, 0.2) is 0 Å². The van der Waals surface area contributed by atoms with E-state index in [1.807, 2.05) is 18.2 Å². The number of benzene rings is 1. The summed E-state index contributed by atoms with van der Waals surface area (Å²) in [6.45, 7) is 9.52. The van der Waals surface area contributed by atoms with Crippen molar-refractivity contribution in [2.45, 2.75) is 32.7 Å². The van der Waals surface area contributed by atoms with Crippen LogP contribution < -0.4 is 10.1 Å². The fourth-order valence-electron chi connectivity index (χ4n) is 2.74. The molecule has 0 amide bonds. The molecular formula is C16H26N2O. The van der Waals surface area contributed by atoms with E-state index in [1.165, 1.54) is 24.9 Å². The van der Waals surface area contributed by atoms with E-state index < -0.39 is 0 Å². The number of ether oxygens (including phenoxy) is 1. The van der Waals surface area contributed by atoms with Gasteiger partial charge in [0.1, 0.15) is 12.4 Å². The molecule has 1 saturated heterocycles. The molecule has 19 heavy (non-hydrogen) atoms. The van der Waals surface area contributed by atoms with Crippen LogP contribution in [0.5, 0.6) is 5.75 Å². The Bertz CT molecular complexity index is 375. The maximum absolute atomic E-state index is 5.90. The highest BCUT2D eigenvalue weighted by Gasteiger charge is 2.19. The average Bonchev–Trinajstić information content (AvgIpc) is 2.46. The van der Waals surface area contributed by atoms with Gasteiger partial charge in [0.2, 0.25) is 0 Å². The summed E-state index contributed by atoms with van der Waals surface area (Å²) in [7, 11) is 0. The standard InChI is InChI=1S/C16H26N2O/c1-3-18(15-8-6-10-17-13-15)11-12-19-16-9-5-4-7-14(16)2/h4-5,7,9,15,17H,3,6,8,10-13H2,1-2H3. The van der Waals surface area contributed by atoms with Crippen LogP contribution in [0.1, 0.15) is 25.3 Å². The summed E-state index contributed by atoms with van der Waals surface area (Å²) in [6, 6.07) is 8.91.